The van der Waals surface area contributed by atoms with Crippen LogP contribution in [0, 0.1) is 11.3 Å². The summed E-state index contributed by atoms with van der Waals surface area (Å²) < 4.78 is 1.01. The number of benzene rings is 2. The molecule has 0 bridgehead atoms. The standard InChI is InChI=1S/C23H24BrN3O/c1-16(19-9-8-18-4-2-3-5-20(18)12-19)27-23(28)21(13-25)15-26-14-17-6-10-22(24)11-7-17/h6-12,15-16,26H,2-5,14H2,1H3,(H,27,28)/b21-15-. The number of aryl methyl sites for hydroxylation is 2. The quantitative estimate of drug-likeness (QED) is 0.508. The second-order valence-corrected chi connectivity index (χ2v) is 8.02. The smallest absolute Gasteiger partial charge is 0.263 e. The third-order valence-electron chi connectivity index (χ3n) is 5.05. The van der Waals surface area contributed by atoms with Crippen LogP contribution in [0.2, 0.25) is 0 Å². The average molecular weight is 438 g/mol. The fraction of sp³-hybridized carbons (Fsp3) is 0.304. The van der Waals surface area contributed by atoms with Gasteiger partial charge >= 0.3 is 0 Å². The van der Waals surface area contributed by atoms with E-state index < -0.39 is 0 Å². The van der Waals surface area contributed by atoms with E-state index in [1.54, 1.807) is 0 Å². The minimum atomic E-state index is -0.365. The van der Waals surface area contributed by atoms with Crippen LogP contribution in [0.15, 0.2) is 58.7 Å². The van der Waals surface area contributed by atoms with Gasteiger partial charge in [-0.3, -0.25) is 4.79 Å². The molecule has 0 radical (unpaired) electrons. The van der Waals surface area contributed by atoms with Gasteiger partial charge in [0.2, 0.25) is 0 Å². The summed E-state index contributed by atoms with van der Waals surface area (Å²) in [6.45, 7) is 2.50. The van der Waals surface area contributed by atoms with Crippen LogP contribution in [0.5, 0.6) is 0 Å². The first-order valence-corrected chi connectivity index (χ1v) is 10.4. The summed E-state index contributed by atoms with van der Waals surface area (Å²) in [7, 11) is 0. The van der Waals surface area contributed by atoms with Crippen LogP contribution >= 0.6 is 15.9 Å². The molecular formula is C23H24BrN3O. The van der Waals surface area contributed by atoms with Crippen molar-refractivity contribution < 1.29 is 4.79 Å². The van der Waals surface area contributed by atoms with Crippen molar-refractivity contribution in [3.8, 4) is 6.07 Å². The Labute approximate surface area is 174 Å². The Hall–Kier alpha value is -2.58. The highest BCUT2D eigenvalue weighted by molar-refractivity contribution is 9.10. The third kappa shape index (κ3) is 5.24. The Balaban J connectivity index is 1.59. The van der Waals surface area contributed by atoms with Crippen molar-refractivity contribution in [3.63, 3.8) is 0 Å². The molecule has 0 spiro atoms. The first-order valence-electron chi connectivity index (χ1n) is 9.57. The second-order valence-electron chi connectivity index (χ2n) is 7.11. The molecule has 2 aromatic carbocycles. The first kappa shape index (κ1) is 20.2. The summed E-state index contributed by atoms with van der Waals surface area (Å²) in [5, 5.41) is 15.3. The Morgan fingerprint density at radius 1 is 1.18 bits per heavy atom. The maximum atomic E-state index is 12.5. The highest BCUT2D eigenvalue weighted by Gasteiger charge is 2.16. The fourth-order valence-corrected chi connectivity index (χ4v) is 3.67. The van der Waals surface area contributed by atoms with Gasteiger partial charge in [0.05, 0.1) is 6.04 Å². The molecule has 4 nitrogen and oxygen atoms in total. The lowest BCUT2D eigenvalue weighted by Gasteiger charge is -2.20. The van der Waals surface area contributed by atoms with Crippen molar-refractivity contribution in [2.45, 2.75) is 45.2 Å². The summed E-state index contributed by atoms with van der Waals surface area (Å²) in [5.74, 6) is -0.365. The van der Waals surface area contributed by atoms with Crippen molar-refractivity contribution in [2.75, 3.05) is 0 Å². The Kier molecular flexibility index (Phi) is 6.89. The van der Waals surface area contributed by atoms with Crippen LogP contribution in [0.3, 0.4) is 0 Å². The van der Waals surface area contributed by atoms with Crippen molar-refractivity contribution in [1.29, 1.82) is 5.26 Å². The highest BCUT2D eigenvalue weighted by atomic mass is 79.9. The molecular weight excluding hydrogens is 414 g/mol. The minimum Gasteiger partial charge on any atom is -0.386 e. The number of rotatable bonds is 6. The van der Waals surface area contributed by atoms with Crippen LogP contribution < -0.4 is 10.6 Å². The Bertz CT molecular complexity index is 912. The fourth-order valence-electron chi connectivity index (χ4n) is 3.40. The SMILES string of the molecule is CC(NC(=O)/C(C#N)=C\NCc1ccc(Br)cc1)c1ccc2c(c1)CCCC2. The van der Waals surface area contributed by atoms with Crippen LogP contribution in [0.25, 0.3) is 0 Å². The minimum absolute atomic E-state index is 0.0712. The van der Waals surface area contributed by atoms with Crippen LogP contribution in [-0.2, 0) is 24.2 Å². The zero-order valence-electron chi connectivity index (χ0n) is 16.0. The maximum Gasteiger partial charge on any atom is 0.263 e. The van der Waals surface area contributed by atoms with E-state index >= 15 is 0 Å². The molecule has 0 heterocycles. The molecule has 1 aliphatic carbocycles. The van der Waals surface area contributed by atoms with Gasteiger partial charge in [-0.05, 0) is 67.0 Å². The monoisotopic (exact) mass is 437 g/mol. The molecule has 3 rings (SSSR count). The zero-order valence-corrected chi connectivity index (χ0v) is 17.6. The van der Waals surface area contributed by atoms with Crippen molar-refractivity contribution in [3.05, 3.63) is 81.0 Å². The van der Waals surface area contributed by atoms with Crippen LogP contribution in [-0.4, -0.2) is 5.91 Å². The molecule has 144 valence electrons. The number of amides is 1. The summed E-state index contributed by atoms with van der Waals surface area (Å²) in [5.41, 5.74) is 5.02. The zero-order chi connectivity index (χ0) is 19.9. The number of hydrogen-bond donors (Lipinski definition) is 2. The van der Waals surface area contributed by atoms with Gasteiger partial charge < -0.3 is 10.6 Å². The summed E-state index contributed by atoms with van der Waals surface area (Å²) in [6.07, 6.45) is 6.20. The lowest BCUT2D eigenvalue weighted by atomic mass is 9.89. The van der Waals surface area contributed by atoms with Gasteiger partial charge in [0, 0.05) is 17.2 Å². The van der Waals surface area contributed by atoms with Crippen LogP contribution in [0.1, 0.15) is 48.1 Å². The molecule has 5 heteroatoms. The van der Waals surface area contributed by atoms with Gasteiger partial charge in [0.25, 0.3) is 5.91 Å². The van der Waals surface area contributed by atoms with Gasteiger partial charge in [0.1, 0.15) is 11.6 Å². The maximum absolute atomic E-state index is 12.5. The number of nitriles is 1. The van der Waals surface area contributed by atoms with Crippen molar-refractivity contribution in [2.24, 2.45) is 0 Å². The topological polar surface area (TPSA) is 64.9 Å². The molecule has 1 amide bonds. The van der Waals surface area contributed by atoms with E-state index in [0.717, 1.165) is 28.4 Å². The molecule has 0 saturated heterocycles. The molecule has 0 aromatic heterocycles. The number of carbonyl (C=O) groups excluding carboxylic acids is 1. The van der Waals surface area contributed by atoms with E-state index in [-0.39, 0.29) is 17.5 Å². The normalized spacial score (nSPS) is 14.5. The molecule has 1 aliphatic rings. The highest BCUT2D eigenvalue weighted by Crippen LogP contribution is 2.24. The number of nitrogens with zero attached hydrogens (tertiary/aromatic N) is 1. The summed E-state index contributed by atoms with van der Waals surface area (Å²) in [6, 6.07) is 16.2. The summed E-state index contributed by atoms with van der Waals surface area (Å²) in [4.78, 5) is 12.5. The number of hydrogen-bond acceptors (Lipinski definition) is 3. The van der Waals surface area contributed by atoms with E-state index in [0.29, 0.717) is 6.54 Å². The number of nitrogens with one attached hydrogen (secondary N) is 2. The Morgan fingerprint density at radius 3 is 2.61 bits per heavy atom. The van der Waals surface area contributed by atoms with E-state index in [1.165, 1.54) is 30.2 Å². The van der Waals surface area contributed by atoms with Crippen molar-refractivity contribution in [1.82, 2.24) is 10.6 Å². The molecule has 28 heavy (non-hydrogen) atoms. The number of fused-ring (bicyclic) bond motifs is 1. The van der Waals surface area contributed by atoms with Gasteiger partial charge in [-0.25, -0.2) is 0 Å². The van der Waals surface area contributed by atoms with E-state index in [9.17, 15) is 10.1 Å². The molecule has 0 saturated carbocycles. The van der Waals surface area contributed by atoms with E-state index in [4.69, 9.17) is 0 Å². The predicted molar refractivity (Wildman–Crippen MR) is 114 cm³/mol. The summed E-state index contributed by atoms with van der Waals surface area (Å²) >= 11 is 3.40. The third-order valence-corrected chi connectivity index (χ3v) is 5.58. The first-order chi connectivity index (χ1) is 13.6. The van der Waals surface area contributed by atoms with Gasteiger partial charge in [-0.2, -0.15) is 5.26 Å². The number of halogens is 1. The van der Waals surface area contributed by atoms with Gasteiger partial charge in [0.15, 0.2) is 0 Å². The van der Waals surface area contributed by atoms with E-state index in [1.807, 2.05) is 37.3 Å². The number of carbonyl (C=O) groups is 1. The Morgan fingerprint density at radius 2 is 1.89 bits per heavy atom. The van der Waals surface area contributed by atoms with Crippen LogP contribution in [0.4, 0.5) is 0 Å². The van der Waals surface area contributed by atoms with Gasteiger partial charge in [-0.1, -0.05) is 46.3 Å². The average Bonchev–Trinajstić information content (AvgIpc) is 2.72. The van der Waals surface area contributed by atoms with Crippen molar-refractivity contribution >= 4 is 21.8 Å². The van der Waals surface area contributed by atoms with Gasteiger partial charge in [-0.15, -0.1) is 0 Å². The molecule has 2 N–H and O–H groups in total. The molecule has 1 atom stereocenters. The molecule has 1 unspecified atom stereocenters. The largest absolute Gasteiger partial charge is 0.386 e. The molecule has 0 fully saturated rings. The second kappa shape index (κ2) is 9.57. The lowest BCUT2D eigenvalue weighted by Crippen LogP contribution is -2.28. The molecule has 2 aromatic rings. The molecule has 0 aliphatic heterocycles. The van der Waals surface area contributed by atoms with E-state index in [2.05, 4.69) is 44.8 Å². The predicted octanol–water partition coefficient (Wildman–Crippen LogP) is 4.70. The lowest BCUT2D eigenvalue weighted by molar-refractivity contribution is -0.117.